The molecule has 12 heteroatoms. The number of rotatable bonds is 8. The second-order valence-corrected chi connectivity index (χ2v) is 8.34. The number of esters is 1. The third-order valence-corrected chi connectivity index (χ3v) is 6.05. The number of nitro benzene ring substituents is 1. The molecule has 0 spiro atoms. The van der Waals surface area contributed by atoms with E-state index in [2.05, 4.69) is 20.4 Å². The topological polar surface area (TPSA) is 176 Å². The molecule has 0 aliphatic heterocycles. The Morgan fingerprint density at radius 3 is 2.25 bits per heavy atom. The molecule has 0 amide bonds. The van der Waals surface area contributed by atoms with Crippen molar-refractivity contribution in [1.29, 1.82) is 0 Å². The maximum absolute atomic E-state index is 12.7. The first-order valence-electron chi connectivity index (χ1n) is 11.3. The smallest absolute Gasteiger partial charge is 0.343 e. The fraction of sp³-hybridized carbons (Fsp3) is 0.292. The molecule has 1 aromatic carbocycles. The molecule has 4 N–H and O–H groups in total. The highest BCUT2D eigenvalue weighted by molar-refractivity contribution is 5.91. The van der Waals surface area contributed by atoms with Crippen molar-refractivity contribution in [2.24, 2.45) is 5.92 Å². The van der Waals surface area contributed by atoms with Crippen LogP contribution in [0.5, 0.6) is 0 Å². The largest absolute Gasteiger partial charge is 0.490 e. The molecule has 1 aliphatic carbocycles. The molecule has 0 saturated heterocycles. The lowest BCUT2D eigenvalue weighted by molar-refractivity contribution is -0.384. The number of aromatic amines is 4. The van der Waals surface area contributed by atoms with Crippen LogP contribution >= 0.6 is 0 Å². The van der Waals surface area contributed by atoms with Crippen molar-refractivity contribution in [2.45, 2.75) is 33.1 Å². The molecule has 2 heterocycles. The second-order valence-electron chi connectivity index (χ2n) is 8.34. The van der Waals surface area contributed by atoms with E-state index in [9.17, 15) is 24.5 Å². The number of non-ortho nitro benzene ring substituents is 1. The Hall–Kier alpha value is -4.61. The predicted octanol–water partition coefficient (Wildman–Crippen LogP) is 3.06. The summed E-state index contributed by atoms with van der Waals surface area (Å²) in [5, 5.41) is 21.8. The number of hydrogen-bond acceptors (Lipinski definition) is 7. The van der Waals surface area contributed by atoms with E-state index < -0.39 is 16.8 Å². The van der Waals surface area contributed by atoms with Crippen molar-refractivity contribution in [3.8, 4) is 0 Å². The average molecular weight is 495 g/mol. The van der Waals surface area contributed by atoms with Gasteiger partial charge in [-0.1, -0.05) is 6.07 Å². The van der Waals surface area contributed by atoms with Crippen LogP contribution in [0.15, 0.2) is 57.5 Å². The van der Waals surface area contributed by atoms with E-state index >= 15 is 0 Å². The summed E-state index contributed by atoms with van der Waals surface area (Å²) < 4.78 is 11.3. The second kappa shape index (κ2) is 9.94. The van der Waals surface area contributed by atoms with E-state index in [-0.39, 0.29) is 46.4 Å². The summed E-state index contributed by atoms with van der Waals surface area (Å²) in [4.78, 5) is 48.6. The van der Waals surface area contributed by atoms with Gasteiger partial charge >= 0.3 is 5.97 Å². The molecule has 1 atom stereocenters. The lowest BCUT2D eigenvalue weighted by atomic mass is 9.77. The molecule has 0 unspecified atom stereocenters. The molecular formula is C24H25N5O7. The van der Waals surface area contributed by atoms with Crippen LogP contribution < -0.4 is 11.1 Å². The lowest BCUT2D eigenvalue weighted by Crippen LogP contribution is -2.26. The van der Waals surface area contributed by atoms with Crippen molar-refractivity contribution < 1.29 is 19.2 Å². The zero-order chi connectivity index (χ0) is 26.0. The van der Waals surface area contributed by atoms with Gasteiger partial charge in [0, 0.05) is 40.6 Å². The molecule has 2 aromatic heterocycles. The van der Waals surface area contributed by atoms with Crippen molar-refractivity contribution in [3.63, 3.8) is 0 Å². The van der Waals surface area contributed by atoms with E-state index in [4.69, 9.17) is 9.47 Å². The summed E-state index contributed by atoms with van der Waals surface area (Å²) in [6.07, 6.45) is 3.72. The van der Waals surface area contributed by atoms with Crippen LogP contribution in [0.4, 0.5) is 5.69 Å². The number of aromatic nitrogens is 4. The van der Waals surface area contributed by atoms with Gasteiger partial charge in [0.05, 0.1) is 17.1 Å². The van der Waals surface area contributed by atoms with Crippen molar-refractivity contribution in [2.75, 3.05) is 6.61 Å². The number of aryl methyl sites for hydroxylation is 2. The normalized spacial score (nSPS) is 15.4. The average Bonchev–Trinajstić information content (AvgIpc) is 3.36. The van der Waals surface area contributed by atoms with E-state index in [0.717, 1.165) is 6.07 Å². The molecule has 188 valence electrons. The highest BCUT2D eigenvalue weighted by Gasteiger charge is 2.35. The molecule has 0 saturated carbocycles. The van der Waals surface area contributed by atoms with Crippen molar-refractivity contribution >= 4 is 11.7 Å². The molecular weight excluding hydrogens is 470 g/mol. The van der Waals surface area contributed by atoms with Gasteiger partial charge in [0.2, 0.25) is 0 Å². The Morgan fingerprint density at radius 2 is 1.72 bits per heavy atom. The fourth-order valence-electron chi connectivity index (χ4n) is 4.43. The number of hydrogen-bond donors (Lipinski definition) is 4. The molecule has 3 aromatic rings. The number of H-pyrrole nitrogens is 4. The van der Waals surface area contributed by atoms with Gasteiger partial charge in [-0.05, 0) is 51.3 Å². The molecule has 0 radical (unpaired) electrons. The van der Waals surface area contributed by atoms with Crippen LogP contribution in [0.2, 0.25) is 0 Å². The first-order valence-corrected chi connectivity index (χ1v) is 11.3. The molecule has 36 heavy (non-hydrogen) atoms. The lowest BCUT2D eigenvalue weighted by Gasteiger charge is -2.27. The minimum Gasteiger partial charge on any atom is -0.490 e. The highest BCUT2D eigenvalue weighted by Crippen LogP contribution is 2.39. The van der Waals surface area contributed by atoms with Crippen molar-refractivity contribution in [3.05, 3.63) is 107 Å². The zero-order valence-corrected chi connectivity index (χ0v) is 19.8. The molecule has 4 rings (SSSR count). The first kappa shape index (κ1) is 24.5. The van der Waals surface area contributed by atoms with Gasteiger partial charge in [0.15, 0.2) is 11.5 Å². The third-order valence-electron chi connectivity index (χ3n) is 6.05. The molecule has 0 bridgehead atoms. The van der Waals surface area contributed by atoms with Gasteiger partial charge < -0.3 is 19.7 Å². The number of benzene rings is 1. The van der Waals surface area contributed by atoms with Gasteiger partial charge in [-0.25, -0.2) is 4.79 Å². The Morgan fingerprint density at radius 1 is 1.08 bits per heavy atom. The van der Waals surface area contributed by atoms with E-state index in [1.165, 1.54) is 18.2 Å². The number of nitrogens with zero attached hydrogens (tertiary/aromatic N) is 1. The Balaban J connectivity index is 1.69. The molecule has 0 fully saturated rings. The number of carbonyl (C=O) groups is 1. The van der Waals surface area contributed by atoms with E-state index in [1.54, 1.807) is 32.9 Å². The molecule has 12 nitrogen and oxygen atoms in total. The zero-order valence-electron chi connectivity index (χ0n) is 19.8. The van der Waals surface area contributed by atoms with Crippen LogP contribution in [-0.4, -0.2) is 37.9 Å². The minimum absolute atomic E-state index is 0.0184. The van der Waals surface area contributed by atoms with Gasteiger partial charge in [-0.15, -0.1) is 0 Å². The summed E-state index contributed by atoms with van der Waals surface area (Å²) in [6.45, 7) is 5.52. The maximum atomic E-state index is 12.7. The summed E-state index contributed by atoms with van der Waals surface area (Å²) in [5.41, 5.74) is 1.16. The summed E-state index contributed by atoms with van der Waals surface area (Å²) in [7, 11) is 0. The molecule has 1 aliphatic rings. The Bertz CT molecular complexity index is 1430. The number of nitrogens with one attached hydrogen (secondary N) is 4. The number of nitro groups is 1. The Kier molecular flexibility index (Phi) is 6.77. The van der Waals surface area contributed by atoms with Gasteiger partial charge in [-0.2, -0.15) is 0 Å². The van der Waals surface area contributed by atoms with Crippen LogP contribution in [-0.2, 0) is 9.47 Å². The highest BCUT2D eigenvalue weighted by atomic mass is 16.6. The minimum atomic E-state index is -0.776. The number of allylic oxidation sites excluding steroid dienone is 2. The summed E-state index contributed by atoms with van der Waals surface area (Å²) in [6, 6.07) is 5.24. The Labute approximate surface area is 204 Å². The first-order chi connectivity index (χ1) is 17.2. The standard InChI is InChI=1S/C24H25N5O7/c1-4-35-18-11-14(8-9-17(18)36-24(32)15-6-5-7-16(10-15)29(33)34)21(19-12(2)25-27-22(19)30)20-13(3)26-28-23(20)31/h5-7,9-11,14,21H,4,8H2,1-3H3,(H2,25,27,30)(H2,26,28,31)/t14-/m1/s1. The quantitative estimate of drug-likeness (QED) is 0.211. The third kappa shape index (κ3) is 4.65. The van der Waals surface area contributed by atoms with Gasteiger partial charge in [0.1, 0.15) is 0 Å². The SMILES string of the molecule is CCOC1=C[C@H](C(c2c(C)[nH][nH]c2=O)c2c(C)[nH][nH]c2=O)CC=C1OC(=O)c1cccc([N+](=O)[O-])c1. The van der Waals surface area contributed by atoms with Gasteiger partial charge in [0.25, 0.3) is 16.8 Å². The van der Waals surface area contributed by atoms with E-state index in [0.29, 0.717) is 28.9 Å². The van der Waals surface area contributed by atoms with Crippen LogP contribution in [0.1, 0.15) is 52.1 Å². The monoisotopic (exact) mass is 495 g/mol. The fourth-order valence-corrected chi connectivity index (χ4v) is 4.43. The van der Waals surface area contributed by atoms with Crippen LogP contribution in [0.3, 0.4) is 0 Å². The maximum Gasteiger partial charge on any atom is 0.343 e. The predicted molar refractivity (Wildman–Crippen MR) is 129 cm³/mol. The van der Waals surface area contributed by atoms with Crippen LogP contribution in [0, 0.1) is 29.9 Å². The summed E-state index contributed by atoms with van der Waals surface area (Å²) in [5.74, 6) is -1.34. The number of carbonyl (C=O) groups excluding carboxylic acids is 1. The van der Waals surface area contributed by atoms with Gasteiger partial charge in [-0.3, -0.25) is 29.9 Å². The van der Waals surface area contributed by atoms with E-state index in [1.807, 2.05) is 0 Å². The summed E-state index contributed by atoms with van der Waals surface area (Å²) >= 11 is 0. The van der Waals surface area contributed by atoms with Crippen molar-refractivity contribution in [1.82, 2.24) is 20.4 Å². The van der Waals surface area contributed by atoms with Crippen LogP contribution in [0.25, 0.3) is 0 Å². The number of ether oxygens (including phenoxy) is 2.